The summed E-state index contributed by atoms with van der Waals surface area (Å²) in [5.74, 6) is 0.514. The number of benzene rings is 1. The van der Waals surface area contributed by atoms with Crippen LogP contribution >= 0.6 is 0 Å². The number of carbonyl (C=O) groups excluding carboxylic acids is 1. The molecule has 2 N–H and O–H groups in total. The van der Waals surface area contributed by atoms with E-state index in [1.807, 2.05) is 18.2 Å². The second-order valence-corrected chi connectivity index (χ2v) is 4.61. The number of allylic oxidation sites excluding steroid dienone is 1. The van der Waals surface area contributed by atoms with Gasteiger partial charge >= 0.3 is 6.09 Å². The standard InChI is InChI=1S/C17H14N2O2/c1-2-12-7-9-13(10-8-12)21-17(20)19-16-11-18-15-6-4-3-5-14(15)16/h4,6-11,18H,2H2,1H3,(H,19,20). The molecule has 1 amide bonds. The number of ether oxygens (including phenoxy) is 1. The van der Waals surface area contributed by atoms with Crippen LogP contribution < -0.4 is 20.6 Å². The predicted octanol–water partition coefficient (Wildman–Crippen LogP) is 2.07. The van der Waals surface area contributed by atoms with Gasteiger partial charge in [0.1, 0.15) is 5.75 Å². The van der Waals surface area contributed by atoms with Gasteiger partial charge in [-0.1, -0.05) is 30.5 Å². The quantitative estimate of drug-likeness (QED) is 0.845. The van der Waals surface area contributed by atoms with Crippen LogP contribution in [-0.4, -0.2) is 11.1 Å². The van der Waals surface area contributed by atoms with E-state index >= 15 is 0 Å². The van der Waals surface area contributed by atoms with E-state index in [2.05, 4.69) is 28.7 Å². The van der Waals surface area contributed by atoms with E-state index in [-0.39, 0.29) is 0 Å². The molecule has 1 aromatic carbocycles. The molecule has 0 saturated carbocycles. The Hall–Kier alpha value is -2.93. The SMILES string of the molecule is CCc1ccc(OC(=O)Nc2c[nH]c3c2=C=C=CC=3)cc1. The molecule has 0 unspecified atom stereocenters. The lowest BCUT2D eigenvalue weighted by atomic mass is 10.2. The number of aryl methyl sites for hydroxylation is 1. The summed E-state index contributed by atoms with van der Waals surface area (Å²) in [6, 6.07) is 7.45. The van der Waals surface area contributed by atoms with Gasteiger partial charge in [0, 0.05) is 6.20 Å². The molecule has 1 aliphatic carbocycles. The highest BCUT2D eigenvalue weighted by Gasteiger charge is 2.08. The van der Waals surface area contributed by atoms with Crippen LogP contribution in [0, 0.1) is 0 Å². The van der Waals surface area contributed by atoms with Crippen molar-refractivity contribution in [3.63, 3.8) is 0 Å². The zero-order chi connectivity index (χ0) is 14.7. The molecule has 0 spiro atoms. The highest BCUT2D eigenvalue weighted by molar-refractivity contribution is 5.86. The Kier molecular flexibility index (Phi) is 3.48. The number of hydrogen-bond donors (Lipinski definition) is 2. The molecule has 1 aliphatic rings. The first-order valence-corrected chi connectivity index (χ1v) is 6.73. The Morgan fingerprint density at radius 1 is 1.33 bits per heavy atom. The molecule has 0 saturated heterocycles. The zero-order valence-electron chi connectivity index (χ0n) is 11.6. The first kappa shape index (κ1) is 13.1. The monoisotopic (exact) mass is 278 g/mol. The lowest BCUT2D eigenvalue weighted by Gasteiger charge is -2.05. The highest BCUT2D eigenvalue weighted by Crippen LogP contribution is 2.13. The maximum Gasteiger partial charge on any atom is 0.417 e. The van der Waals surface area contributed by atoms with Crippen molar-refractivity contribution in [1.82, 2.24) is 4.98 Å². The van der Waals surface area contributed by atoms with Crippen LogP contribution in [0.5, 0.6) is 5.75 Å². The Morgan fingerprint density at radius 2 is 2.14 bits per heavy atom. The van der Waals surface area contributed by atoms with Gasteiger partial charge in [0.2, 0.25) is 0 Å². The van der Waals surface area contributed by atoms with Gasteiger partial charge in [0.05, 0.1) is 16.3 Å². The normalized spacial score (nSPS) is 11.3. The van der Waals surface area contributed by atoms with Crippen molar-refractivity contribution >= 4 is 23.6 Å². The summed E-state index contributed by atoms with van der Waals surface area (Å²) >= 11 is 0. The molecule has 2 aromatic rings. The van der Waals surface area contributed by atoms with Crippen LogP contribution in [0.4, 0.5) is 10.5 Å². The minimum atomic E-state index is -0.530. The first-order chi connectivity index (χ1) is 10.3. The van der Waals surface area contributed by atoms with E-state index in [0.29, 0.717) is 11.4 Å². The van der Waals surface area contributed by atoms with Crippen molar-refractivity contribution in [2.45, 2.75) is 13.3 Å². The lowest BCUT2D eigenvalue weighted by molar-refractivity contribution is 0.215. The molecule has 4 heteroatoms. The van der Waals surface area contributed by atoms with Gasteiger partial charge in [0.15, 0.2) is 0 Å². The maximum absolute atomic E-state index is 11.9. The molecule has 3 rings (SSSR count). The number of H-pyrrole nitrogens is 1. The molecule has 0 bridgehead atoms. The summed E-state index contributed by atoms with van der Waals surface area (Å²) in [4.78, 5) is 15.0. The van der Waals surface area contributed by atoms with Crippen LogP contribution in [0.15, 0.2) is 42.3 Å². The fourth-order valence-corrected chi connectivity index (χ4v) is 2.08. The van der Waals surface area contributed by atoms with E-state index in [4.69, 9.17) is 4.74 Å². The first-order valence-electron chi connectivity index (χ1n) is 6.73. The van der Waals surface area contributed by atoms with Gasteiger partial charge in [-0.2, -0.15) is 0 Å². The summed E-state index contributed by atoms with van der Waals surface area (Å²) in [6.07, 6.45) is 5.75. The third-order valence-corrected chi connectivity index (χ3v) is 3.22. The average Bonchev–Trinajstić information content (AvgIpc) is 2.91. The fourth-order valence-electron chi connectivity index (χ4n) is 2.08. The van der Waals surface area contributed by atoms with Gasteiger partial charge < -0.3 is 9.72 Å². The number of hydrogen-bond acceptors (Lipinski definition) is 2. The molecule has 1 heterocycles. The van der Waals surface area contributed by atoms with Crippen molar-refractivity contribution < 1.29 is 9.53 Å². The number of fused-ring (bicyclic) bond motifs is 1. The second-order valence-electron chi connectivity index (χ2n) is 4.61. The van der Waals surface area contributed by atoms with Gasteiger partial charge in [-0.25, -0.2) is 4.79 Å². The number of rotatable bonds is 3. The van der Waals surface area contributed by atoms with E-state index in [1.165, 1.54) is 5.56 Å². The van der Waals surface area contributed by atoms with Crippen LogP contribution in [-0.2, 0) is 6.42 Å². The lowest BCUT2D eigenvalue weighted by Crippen LogP contribution is -2.27. The Morgan fingerprint density at radius 3 is 2.90 bits per heavy atom. The van der Waals surface area contributed by atoms with Crippen LogP contribution in [0.1, 0.15) is 12.5 Å². The largest absolute Gasteiger partial charge is 0.417 e. The number of carbonyl (C=O) groups is 1. The zero-order valence-corrected chi connectivity index (χ0v) is 11.6. The van der Waals surface area contributed by atoms with Crippen molar-refractivity contribution in [1.29, 1.82) is 0 Å². The summed E-state index contributed by atoms with van der Waals surface area (Å²) < 4.78 is 5.25. The van der Waals surface area contributed by atoms with Crippen molar-refractivity contribution in [2.75, 3.05) is 5.32 Å². The van der Waals surface area contributed by atoms with Gasteiger partial charge in [-0.3, -0.25) is 5.32 Å². The Labute approximate surface area is 121 Å². The topological polar surface area (TPSA) is 54.1 Å². The van der Waals surface area contributed by atoms with E-state index in [1.54, 1.807) is 24.4 Å². The predicted molar refractivity (Wildman–Crippen MR) is 81.5 cm³/mol. The minimum Gasteiger partial charge on any atom is -0.410 e. The maximum atomic E-state index is 11.9. The summed E-state index contributed by atoms with van der Waals surface area (Å²) in [5, 5.41) is 4.36. The van der Waals surface area contributed by atoms with E-state index < -0.39 is 6.09 Å². The Bertz CT molecular complexity index is 863. The number of aromatic nitrogens is 1. The molecule has 0 radical (unpaired) electrons. The summed E-state index contributed by atoms with van der Waals surface area (Å²) in [7, 11) is 0. The highest BCUT2D eigenvalue weighted by atomic mass is 16.6. The minimum absolute atomic E-state index is 0.514. The molecule has 0 aliphatic heterocycles. The number of nitrogens with one attached hydrogen (secondary N) is 2. The fraction of sp³-hybridized carbons (Fsp3) is 0.118. The molecular formula is C17H14N2O2. The molecule has 0 fully saturated rings. The van der Waals surface area contributed by atoms with Crippen LogP contribution in [0.3, 0.4) is 0 Å². The number of amides is 1. The molecule has 21 heavy (non-hydrogen) atoms. The van der Waals surface area contributed by atoms with E-state index in [9.17, 15) is 4.79 Å². The summed E-state index contributed by atoms with van der Waals surface area (Å²) in [5.41, 5.74) is 7.64. The molecule has 0 atom stereocenters. The van der Waals surface area contributed by atoms with Crippen molar-refractivity contribution in [3.05, 3.63) is 58.4 Å². The van der Waals surface area contributed by atoms with Gasteiger partial charge in [-0.05, 0) is 36.3 Å². The van der Waals surface area contributed by atoms with Crippen molar-refractivity contribution in [3.8, 4) is 5.75 Å². The summed E-state index contributed by atoms with van der Waals surface area (Å²) in [6.45, 7) is 2.08. The molecule has 1 aromatic heterocycles. The second kappa shape index (κ2) is 5.59. The Balaban J connectivity index is 1.74. The van der Waals surface area contributed by atoms with Gasteiger partial charge in [-0.15, -0.1) is 0 Å². The molecule has 4 nitrogen and oxygen atoms in total. The van der Waals surface area contributed by atoms with E-state index in [0.717, 1.165) is 17.0 Å². The average molecular weight is 278 g/mol. The third kappa shape index (κ3) is 2.82. The number of anilines is 1. The smallest absolute Gasteiger partial charge is 0.410 e. The molecule has 104 valence electrons. The van der Waals surface area contributed by atoms with Crippen molar-refractivity contribution in [2.24, 2.45) is 0 Å². The van der Waals surface area contributed by atoms with Gasteiger partial charge in [0.25, 0.3) is 0 Å². The van der Waals surface area contributed by atoms with Crippen LogP contribution in [0.2, 0.25) is 0 Å². The molecular weight excluding hydrogens is 264 g/mol. The third-order valence-electron chi connectivity index (χ3n) is 3.22. The van der Waals surface area contributed by atoms with Crippen LogP contribution in [0.25, 0.3) is 11.8 Å². The number of aromatic amines is 1.